The molecule has 1 heterocycles. The predicted molar refractivity (Wildman–Crippen MR) is 81.1 cm³/mol. The van der Waals surface area contributed by atoms with Crippen molar-refractivity contribution in [3.63, 3.8) is 0 Å². The van der Waals surface area contributed by atoms with Gasteiger partial charge in [-0.25, -0.2) is 0 Å². The third kappa shape index (κ3) is 3.14. The van der Waals surface area contributed by atoms with Crippen molar-refractivity contribution in [2.45, 2.75) is 59.0 Å². The number of pyridine rings is 1. The van der Waals surface area contributed by atoms with Gasteiger partial charge >= 0.3 is 0 Å². The molecular formula is C17H27NO2. The van der Waals surface area contributed by atoms with Crippen LogP contribution in [0.5, 0.6) is 5.75 Å². The molecule has 0 spiro atoms. The minimum Gasteiger partial charge on any atom is -0.496 e. The van der Waals surface area contributed by atoms with E-state index in [1.807, 2.05) is 20.0 Å². The summed E-state index contributed by atoms with van der Waals surface area (Å²) in [4.78, 5) is 4.54. The average molecular weight is 277 g/mol. The van der Waals surface area contributed by atoms with Gasteiger partial charge in [-0.05, 0) is 44.9 Å². The third-order valence-electron chi connectivity index (χ3n) is 4.51. The van der Waals surface area contributed by atoms with Crippen LogP contribution in [0.2, 0.25) is 0 Å². The molecule has 3 heteroatoms. The van der Waals surface area contributed by atoms with Gasteiger partial charge in [0.15, 0.2) is 0 Å². The normalized spacial score (nSPS) is 30.3. The van der Waals surface area contributed by atoms with Crippen LogP contribution in [0.25, 0.3) is 0 Å². The summed E-state index contributed by atoms with van der Waals surface area (Å²) < 4.78 is 5.46. The zero-order valence-corrected chi connectivity index (χ0v) is 13.4. The van der Waals surface area contributed by atoms with E-state index in [2.05, 4.69) is 18.8 Å². The maximum Gasteiger partial charge on any atom is 0.128 e. The summed E-state index contributed by atoms with van der Waals surface area (Å²) in [5.74, 6) is 2.06. The fourth-order valence-corrected chi connectivity index (χ4v) is 3.94. The molecule has 0 aliphatic heterocycles. The summed E-state index contributed by atoms with van der Waals surface area (Å²) in [6, 6.07) is 0. The fraction of sp³-hybridized carbons (Fsp3) is 0.706. The molecule has 1 aliphatic carbocycles. The Kier molecular flexibility index (Phi) is 4.38. The molecular weight excluding hydrogens is 250 g/mol. The first-order valence-corrected chi connectivity index (χ1v) is 7.56. The Hall–Kier alpha value is -1.09. The van der Waals surface area contributed by atoms with Gasteiger partial charge in [0.25, 0.3) is 0 Å². The zero-order chi connectivity index (χ0) is 14.9. The van der Waals surface area contributed by atoms with Crippen molar-refractivity contribution in [3.8, 4) is 5.75 Å². The summed E-state index contributed by atoms with van der Waals surface area (Å²) in [7, 11) is 1.69. The Balaban J connectivity index is 2.25. The SMILES string of the molecule is COc1c(C)cnc(CC2(O)CC(C)CC(C)C2)c1C. The Morgan fingerprint density at radius 1 is 1.30 bits per heavy atom. The molecule has 1 saturated carbocycles. The minimum absolute atomic E-state index is 0.580. The van der Waals surface area contributed by atoms with Crippen molar-refractivity contribution in [1.29, 1.82) is 0 Å². The maximum absolute atomic E-state index is 10.9. The van der Waals surface area contributed by atoms with Crippen molar-refractivity contribution in [3.05, 3.63) is 23.0 Å². The number of aliphatic hydroxyl groups is 1. The van der Waals surface area contributed by atoms with Crippen molar-refractivity contribution in [2.75, 3.05) is 7.11 Å². The standard InChI is InChI=1S/C17H27NO2/c1-11-6-12(2)8-17(19,7-11)9-15-14(4)16(20-5)13(3)10-18-15/h10-12,19H,6-9H2,1-5H3. The van der Waals surface area contributed by atoms with Crippen molar-refractivity contribution >= 4 is 0 Å². The van der Waals surface area contributed by atoms with E-state index in [-0.39, 0.29) is 0 Å². The van der Waals surface area contributed by atoms with E-state index in [9.17, 15) is 5.11 Å². The molecule has 2 rings (SSSR count). The van der Waals surface area contributed by atoms with Gasteiger partial charge in [0.1, 0.15) is 5.75 Å². The van der Waals surface area contributed by atoms with E-state index in [4.69, 9.17) is 4.74 Å². The van der Waals surface area contributed by atoms with Crippen LogP contribution in [0, 0.1) is 25.7 Å². The van der Waals surface area contributed by atoms with Crippen molar-refractivity contribution in [2.24, 2.45) is 11.8 Å². The quantitative estimate of drug-likeness (QED) is 0.920. The number of nitrogens with zero attached hydrogens (tertiary/aromatic N) is 1. The number of methoxy groups -OCH3 is 1. The van der Waals surface area contributed by atoms with E-state index in [0.29, 0.717) is 18.3 Å². The van der Waals surface area contributed by atoms with E-state index >= 15 is 0 Å². The Morgan fingerprint density at radius 2 is 1.90 bits per heavy atom. The summed E-state index contributed by atoms with van der Waals surface area (Å²) in [5.41, 5.74) is 2.46. The molecule has 2 atom stereocenters. The summed E-state index contributed by atoms with van der Waals surface area (Å²) in [6.45, 7) is 8.50. The third-order valence-corrected chi connectivity index (χ3v) is 4.51. The van der Waals surface area contributed by atoms with Crippen LogP contribution in [0.15, 0.2) is 6.20 Å². The molecule has 20 heavy (non-hydrogen) atoms. The fourth-order valence-electron chi connectivity index (χ4n) is 3.94. The molecule has 0 bridgehead atoms. The number of hydrogen-bond donors (Lipinski definition) is 1. The average Bonchev–Trinajstić information content (AvgIpc) is 2.31. The molecule has 0 aromatic carbocycles. The Labute approximate surface area is 122 Å². The topological polar surface area (TPSA) is 42.4 Å². The van der Waals surface area contributed by atoms with Crippen LogP contribution in [-0.4, -0.2) is 22.8 Å². The van der Waals surface area contributed by atoms with E-state index in [1.54, 1.807) is 7.11 Å². The van der Waals surface area contributed by atoms with Crippen LogP contribution >= 0.6 is 0 Å². The van der Waals surface area contributed by atoms with Gasteiger partial charge in [-0.1, -0.05) is 13.8 Å². The second-order valence-electron chi connectivity index (χ2n) is 6.80. The molecule has 1 N–H and O–H groups in total. The number of rotatable bonds is 3. The van der Waals surface area contributed by atoms with E-state index < -0.39 is 5.60 Å². The molecule has 1 aliphatic rings. The van der Waals surface area contributed by atoms with Crippen LogP contribution in [-0.2, 0) is 6.42 Å². The molecule has 112 valence electrons. The maximum atomic E-state index is 10.9. The second kappa shape index (κ2) is 5.72. The zero-order valence-electron chi connectivity index (χ0n) is 13.4. The van der Waals surface area contributed by atoms with Gasteiger partial charge in [-0.2, -0.15) is 0 Å². The lowest BCUT2D eigenvalue weighted by molar-refractivity contribution is -0.0313. The molecule has 3 nitrogen and oxygen atoms in total. The molecule has 1 aromatic rings. The first-order valence-electron chi connectivity index (χ1n) is 7.56. The van der Waals surface area contributed by atoms with Crippen LogP contribution < -0.4 is 4.74 Å². The van der Waals surface area contributed by atoms with Crippen LogP contribution in [0.1, 0.15) is 49.9 Å². The van der Waals surface area contributed by atoms with Gasteiger partial charge in [-0.3, -0.25) is 4.98 Å². The minimum atomic E-state index is -0.616. The highest BCUT2D eigenvalue weighted by atomic mass is 16.5. The molecule has 0 radical (unpaired) electrons. The largest absolute Gasteiger partial charge is 0.496 e. The van der Waals surface area contributed by atoms with Crippen LogP contribution in [0.3, 0.4) is 0 Å². The van der Waals surface area contributed by atoms with Crippen LogP contribution in [0.4, 0.5) is 0 Å². The molecule has 1 aromatic heterocycles. The van der Waals surface area contributed by atoms with Gasteiger partial charge in [0.2, 0.25) is 0 Å². The predicted octanol–water partition coefficient (Wildman–Crippen LogP) is 3.44. The van der Waals surface area contributed by atoms with E-state index in [0.717, 1.165) is 35.4 Å². The van der Waals surface area contributed by atoms with Crippen molar-refractivity contribution in [1.82, 2.24) is 4.98 Å². The molecule has 0 saturated heterocycles. The summed E-state index contributed by atoms with van der Waals surface area (Å²) in [6.07, 6.45) is 5.43. The molecule has 1 fully saturated rings. The Morgan fingerprint density at radius 3 is 2.45 bits per heavy atom. The smallest absolute Gasteiger partial charge is 0.128 e. The summed E-state index contributed by atoms with van der Waals surface area (Å²) in [5, 5.41) is 10.9. The van der Waals surface area contributed by atoms with Gasteiger partial charge in [0.05, 0.1) is 12.7 Å². The lowest BCUT2D eigenvalue weighted by Crippen LogP contribution is -2.40. The van der Waals surface area contributed by atoms with Gasteiger partial charge < -0.3 is 9.84 Å². The first kappa shape index (κ1) is 15.3. The Bertz CT molecular complexity index is 474. The number of aryl methyl sites for hydroxylation is 1. The highest BCUT2D eigenvalue weighted by molar-refractivity contribution is 5.41. The highest BCUT2D eigenvalue weighted by Crippen LogP contribution is 2.38. The summed E-state index contributed by atoms with van der Waals surface area (Å²) >= 11 is 0. The number of aromatic nitrogens is 1. The second-order valence-corrected chi connectivity index (χ2v) is 6.80. The molecule has 0 amide bonds. The highest BCUT2D eigenvalue weighted by Gasteiger charge is 2.37. The lowest BCUT2D eigenvalue weighted by Gasteiger charge is -2.39. The molecule has 2 unspecified atom stereocenters. The monoisotopic (exact) mass is 277 g/mol. The number of ether oxygens (including phenoxy) is 1. The first-order chi connectivity index (χ1) is 9.34. The van der Waals surface area contributed by atoms with Gasteiger partial charge in [-0.15, -0.1) is 0 Å². The van der Waals surface area contributed by atoms with Crippen molar-refractivity contribution < 1.29 is 9.84 Å². The number of hydrogen-bond acceptors (Lipinski definition) is 3. The lowest BCUT2D eigenvalue weighted by atomic mass is 9.71. The van der Waals surface area contributed by atoms with Gasteiger partial charge in [0, 0.05) is 29.4 Å². The van der Waals surface area contributed by atoms with E-state index in [1.165, 1.54) is 6.42 Å².